The molecule has 0 aliphatic carbocycles. The lowest BCUT2D eigenvalue weighted by atomic mass is 10.1. The average molecular weight is 491 g/mol. The van der Waals surface area contributed by atoms with E-state index in [4.69, 9.17) is 4.74 Å². The number of rotatable bonds is 9. The molecule has 0 fully saturated rings. The molecule has 1 aromatic heterocycles. The van der Waals surface area contributed by atoms with Gasteiger partial charge < -0.3 is 10.1 Å². The molecular weight excluding hydrogens is 468 g/mol. The van der Waals surface area contributed by atoms with Crippen LogP contribution in [-0.2, 0) is 16.1 Å². The van der Waals surface area contributed by atoms with Crippen LogP contribution in [0.5, 0.6) is 0 Å². The van der Waals surface area contributed by atoms with Crippen LogP contribution in [0.4, 0.5) is 5.00 Å². The quantitative estimate of drug-likeness (QED) is 0.272. The number of anilines is 1. The summed E-state index contributed by atoms with van der Waals surface area (Å²) in [5, 5.41) is 2.92. The number of carbonyl (C=O) groups is 5. The molecule has 1 aliphatic heterocycles. The molecule has 0 spiro atoms. The summed E-state index contributed by atoms with van der Waals surface area (Å²) >= 11 is 1.08. The van der Waals surface area contributed by atoms with Crippen LogP contribution in [0.2, 0.25) is 0 Å². The fourth-order valence-electron chi connectivity index (χ4n) is 3.70. The summed E-state index contributed by atoms with van der Waals surface area (Å²) in [5.74, 6) is -2.06. The summed E-state index contributed by atoms with van der Waals surface area (Å²) in [4.78, 5) is 64.4. The van der Waals surface area contributed by atoms with Crippen LogP contribution in [-0.4, -0.2) is 41.0 Å². The Bertz CT molecular complexity index is 1280. The van der Waals surface area contributed by atoms with Crippen molar-refractivity contribution < 1.29 is 28.7 Å². The molecule has 3 amide bonds. The van der Waals surface area contributed by atoms with E-state index in [0.717, 1.165) is 16.2 Å². The molecule has 0 bridgehead atoms. The average Bonchev–Trinajstić information content (AvgIpc) is 3.37. The van der Waals surface area contributed by atoms with Gasteiger partial charge in [-0.15, -0.1) is 11.3 Å². The maximum Gasteiger partial charge on any atom is 0.341 e. The van der Waals surface area contributed by atoms with Crippen molar-refractivity contribution in [1.82, 2.24) is 4.90 Å². The predicted octanol–water partition coefficient (Wildman–Crippen LogP) is 4.32. The van der Waals surface area contributed by atoms with E-state index >= 15 is 0 Å². The van der Waals surface area contributed by atoms with Gasteiger partial charge in [0.2, 0.25) is 5.91 Å². The number of esters is 1. The number of imide groups is 1. The van der Waals surface area contributed by atoms with Gasteiger partial charge in [-0.1, -0.05) is 42.5 Å². The van der Waals surface area contributed by atoms with Gasteiger partial charge in [0, 0.05) is 23.3 Å². The number of hydrogen-bond donors (Lipinski definition) is 1. The van der Waals surface area contributed by atoms with Gasteiger partial charge in [0.1, 0.15) is 5.00 Å². The van der Waals surface area contributed by atoms with E-state index in [1.165, 1.54) is 6.07 Å². The van der Waals surface area contributed by atoms with Crippen molar-refractivity contribution in [1.29, 1.82) is 0 Å². The van der Waals surface area contributed by atoms with Crippen molar-refractivity contribution in [2.24, 2.45) is 0 Å². The number of hydrogen-bond acceptors (Lipinski definition) is 7. The fourth-order valence-corrected chi connectivity index (χ4v) is 4.75. The number of fused-ring (bicyclic) bond motifs is 1. The molecule has 9 heteroatoms. The molecule has 1 aliphatic rings. The third-order valence-corrected chi connectivity index (χ3v) is 6.43. The van der Waals surface area contributed by atoms with Gasteiger partial charge in [-0.05, 0) is 25.1 Å². The molecule has 8 nitrogen and oxygen atoms in total. The number of nitrogens with zero attached hydrogens (tertiary/aromatic N) is 1. The van der Waals surface area contributed by atoms with Gasteiger partial charge in [-0.2, -0.15) is 0 Å². The zero-order chi connectivity index (χ0) is 24.9. The van der Waals surface area contributed by atoms with E-state index in [1.807, 2.05) is 0 Å². The smallest absolute Gasteiger partial charge is 0.341 e. The summed E-state index contributed by atoms with van der Waals surface area (Å²) < 4.78 is 5.10. The number of Topliss-reactive ketones (excluding diaryl/α,β-unsaturated/α-hetero) is 1. The molecule has 0 radical (unpaired) electrons. The fraction of sp³-hybridized carbons (Fsp3) is 0.192. The topological polar surface area (TPSA) is 110 Å². The molecule has 0 saturated heterocycles. The molecule has 178 valence electrons. The SMILES string of the molecule is CCOC(=O)c1cc(CN2C(=O)c3ccccc3C2=O)sc1NC(=O)CCC(=O)c1ccccc1. The predicted molar refractivity (Wildman–Crippen MR) is 130 cm³/mol. The first kappa shape index (κ1) is 24.0. The van der Waals surface area contributed by atoms with Crippen molar-refractivity contribution in [3.05, 3.63) is 87.8 Å². The van der Waals surface area contributed by atoms with E-state index in [-0.39, 0.29) is 42.3 Å². The molecule has 0 atom stereocenters. The maximum atomic E-state index is 12.7. The molecule has 35 heavy (non-hydrogen) atoms. The lowest BCUT2D eigenvalue weighted by Crippen LogP contribution is -2.28. The number of thiophene rings is 1. The van der Waals surface area contributed by atoms with E-state index in [2.05, 4.69) is 5.32 Å². The number of carbonyl (C=O) groups excluding carboxylic acids is 5. The lowest BCUT2D eigenvalue weighted by Gasteiger charge is -2.12. The number of nitrogens with one attached hydrogen (secondary N) is 1. The first-order valence-electron chi connectivity index (χ1n) is 11.0. The molecular formula is C26H22N2O6S. The highest BCUT2D eigenvalue weighted by molar-refractivity contribution is 7.16. The third kappa shape index (κ3) is 5.20. The van der Waals surface area contributed by atoms with Crippen molar-refractivity contribution in [3.8, 4) is 0 Å². The molecule has 2 heterocycles. The molecule has 2 aromatic carbocycles. The van der Waals surface area contributed by atoms with Gasteiger partial charge in [0.25, 0.3) is 11.8 Å². The monoisotopic (exact) mass is 490 g/mol. The molecule has 0 saturated carbocycles. The Morgan fingerprint density at radius 3 is 2.17 bits per heavy atom. The number of amides is 3. The van der Waals surface area contributed by atoms with Crippen molar-refractivity contribution in [2.45, 2.75) is 26.3 Å². The Morgan fingerprint density at radius 1 is 0.914 bits per heavy atom. The lowest BCUT2D eigenvalue weighted by molar-refractivity contribution is -0.116. The zero-order valence-corrected chi connectivity index (χ0v) is 19.7. The van der Waals surface area contributed by atoms with Gasteiger partial charge in [0.05, 0.1) is 29.8 Å². The van der Waals surface area contributed by atoms with Crippen LogP contribution < -0.4 is 5.32 Å². The highest BCUT2D eigenvalue weighted by Gasteiger charge is 2.35. The maximum absolute atomic E-state index is 12.7. The van der Waals surface area contributed by atoms with Crippen molar-refractivity contribution >= 4 is 45.8 Å². The second-order valence-electron chi connectivity index (χ2n) is 7.76. The standard InChI is InChI=1S/C26H22N2O6S/c1-2-34-26(33)20-14-17(15-28-24(31)18-10-6-7-11-19(18)25(28)32)35-23(20)27-22(30)13-12-21(29)16-8-4-3-5-9-16/h3-11,14H,2,12-13,15H2,1H3,(H,27,30). The third-order valence-electron chi connectivity index (χ3n) is 5.40. The Hall–Kier alpha value is -4.11. The summed E-state index contributed by atoms with van der Waals surface area (Å²) in [6.45, 7) is 1.75. The minimum Gasteiger partial charge on any atom is -0.462 e. The summed E-state index contributed by atoms with van der Waals surface area (Å²) in [6, 6.07) is 16.7. The Morgan fingerprint density at radius 2 is 1.54 bits per heavy atom. The van der Waals surface area contributed by atoms with Gasteiger partial charge in [0.15, 0.2) is 5.78 Å². The highest BCUT2D eigenvalue weighted by Crippen LogP contribution is 2.32. The Labute approximate surface area is 205 Å². The van der Waals surface area contributed by atoms with Crippen LogP contribution in [0, 0.1) is 0 Å². The number of ketones is 1. The van der Waals surface area contributed by atoms with Crippen LogP contribution in [0.15, 0.2) is 60.7 Å². The number of benzene rings is 2. The molecule has 4 rings (SSSR count). The summed E-state index contributed by atoms with van der Waals surface area (Å²) in [6.07, 6.45) is -0.0561. The first-order valence-corrected chi connectivity index (χ1v) is 11.8. The largest absolute Gasteiger partial charge is 0.462 e. The van der Waals surface area contributed by atoms with Crippen LogP contribution in [0.3, 0.4) is 0 Å². The second kappa shape index (κ2) is 10.4. The zero-order valence-electron chi connectivity index (χ0n) is 18.9. The number of ether oxygens (including phenoxy) is 1. The molecule has 1 N–H and O–H groups in total. The van der Waals surface area contributed by atoms with Gasteiger partial charge in [-0.3, -0.25) is 24.1 Å². The van der Waals surface area contributed by atoms with E-state index in [9.17, 15) is 24.0 Å². The Kier molecular flexibility index (Phi) is 7.17. The van der Waals surface area contributed by atoms with E-state index in [1.54, 1.807) is 61.5 Å². The van der Waals surface area contributed by atoms with Gasteiger partial charge in [-0.25, -0.2) is 4.79 Å². The minimum atomic E-state index is -0.631. The van der Waals surface area contributed by atoms with Crippen molar-refractivity contribution in [3.63, 3.8) is 0 Å². The molecule has 0 unspecified atom stereocenters. The van der Waals surface area contributed by atoms with E-state index < -0.39 is 23.7 Å². The molecule has 3 aromatic rings. The van der Waals surface area contributed by atoms with Crippen molar-refractivity contribution in [2.75, 3.05) is 11.9 Å². The first-order chi connectivity index (χ1) is 16.9. The van der Waals surface area contributed by atoms with Crippen LogP contribution in [0.1, 0.15) is 66.1 Å². The van der Waals surface area contributed by atoms with Gasteiger partial charge >= 0.3 is 5.97 Å². The van der Waals surface area contributed by atoms with Crippen LogP contribution >= 0.6 is 11.3 Å². The highest BCUT2D eigenvalue weighted by atomic mass is 32.1. The normalized spacial score (nSPS) is 12.4. The Balaban J connectivity index is 1.48. The second-order valence-corrected chi connectivity index (χ2v) is 8.89. The summed E-state index contributed by atoms with van der Waals surface area (Å²) in [5.41, 5.74) is 1.31. The minimum absolute atomic E-state index is 0.0118. The summed E-state index contributed by atoms with van der Waals surface area (Å²) in [7, 11) is 0. The van der Waals surface area contributed by atoms with Crippen LogP contribution in [0.25, 0.3) is 0 Å². The van der Waals surface area contributed by atoms with E-state index in [0.29, 0.717) is 21.6 Å².